The van der Waals surface area contributed by atoms with Crippen LogP contribution in [0.4, 0.5) is 0 Å². The maximum Gasteiger partial charge on any atom is 0.255 e. The van der Waals surface area contributed by atoms with E-state index >= 15 is 0 Å². The second kappa shape index (κ2) is 4.45. The molecule has 0 radical (unpaired) electrons. The number of rotatable bonds is 2. The highest BCUT2D eigenvalue weighted by molar-refractivity contribution is 5.94. The molecule has 1 amide bonds. The molecule has 13 heavy (non-hydrogen) atoms. The fourth-order valence-electron chi connectivity index (χ4n) is 0.947. The Labute approximate surface area is 78.3 Å². The van der Waals surface area contributed by atoms with Crippen LogP contribution >= 0.6 is 0 Å². The number of hydrogen-bond acceptors (Lipinski definition) is 1. The van der Waals surface area contributed by atoms with Crippen LogP contribution < -0.4 is 5.32 Å². The normalized spacial score (nSPS) is 10.3. The Morgan fingerprint density at radius 3 is 2.46 bits per heavy atom. The van der Waals surface area contributed by atoms with Gasteiger partial charge in [0.2, 0.25) is 0 Å². The van der Waals surface area contributed by atoms with Crippen molar-refractivity contribution in [2.45, 2.75) is 13.8 Å². The second-order valence-electron chi connectivity index (χ2n) is 2.84. The van der Waals surface area contributed by atoms with E-state index in [1.807, 2.05) is 38.1 Å². The number of amides is 1. The zero-order chi connectivity index (χ0) is 9.68. The van der Waals surface area contributed by atoms with Gasteiger partial charge in [-0.3, -0.25) is 4.79 Å². The molecular weight excluding hydrogens is 162 g/mol. The van der Waals surface area contributed by atoms with E-state index in [2.05, 4.69) is 5.32 Å². The van der Waals surface area contributed by atoms with Crippen LogP contribution in [0.15, 0.2) is 36.5 Å². The Bertz CT molecular complexity index is 311. The lowest BCUT2D eigenvalue weighted by atomic mass is 10.1. The third-order valence-electron chi connectivity index (χ3n) is 1.69. The van der Waals surface area contributed by atoms with Gasteiger partial charge in [-0.1, -0.05) is 23.8 Å². The number of aryl methyl sites for hydroxylation is 1. The van der Waals surface area contributed by atoms with Gasteiger partial charge in [0, 0.05) is 5.56 Å². The first-order valence-electron chi connectivity index (χ1n) is 4.22. The van der Waals surface area contributed by atoms with E-state index in [1.165, 1.54) is 0 Å². The minimum absolute atomic E-state index is 0.0712. The van der Waals surface area contributed by atoms with Gasteiger partial charge in [-0.2, -0.15) is 0 Å². The number of carbonyl (C=O) groups is 1. The molecule has 68 valence electrons. The van der Waals surface area contributed by atoms with Crippen LogP contribution in [0.5, 0.6) is 0 Å². The van der Waals surface area contributed by atoms with Crippen molar-refractivity contribution in [3.63, 3.8) is 0 Å². The highest BCUT2D eigenvalue weighted by Crippen LogP contribution is 2.02. The number of hydrogen-bond donors (Lipinski definition) is 1. The van der Waals surface area contributed by atoms with Crippen LogP contribution in [-0.4, -0.2) is 5.91 Å². The van der Waals surface area contributed by atoms with Gasteiger partial charge in [-0.25, -0.2) is 0 Å². The first-order chi connectivity index (χ1) is 6.24. The highest BCUT2D eigenvalue weighted by Gasteiger charge is 2.00. The quantitative estimate of drug-likeness (QED) is 0.734. The van der Waals surface area contributed by atoms with E-state index in [-0.39, 0.29) is 5.91 Å². The molecule has 0 fully saturated rings. The maximum absolute atomic E-state index is 11.4. The van der Waals surface area contributed by atoms with Crippen molar-refractivity contribution in [1.29, 1.82) is 0 Å². The van der Waals surface area contributed by atoms with Gasteiger partial charge < -0.3 is 5.32 Å². The van der Waals surface area contributed by atoms with Crippen molar-refractivity contribution in [3.8, 4) is 0 Å². The van der Waals surface area contributed by atoms with Crippen molar-refractivity contribution in [1.82, 2.24) is 5.32 Å². The molecule has 1 rings (SSSR count). The summed E-state index contributed by atoms with van der Waals surface area (Å²) >= 11 is 0. The lowest BCUT2D eigenvalue weighted by Gasteiger charge is -1.99. The Hall–Kier alpha value is -1.57. The van der Waals surface area contributed by atoms with E-state index in [0.717, 1.165) is 5.56 Å². The summed E-state index contributed by atoms with van der Waals surface area (Å²) in [5.41, 5.74) is 1.84. The number of allylic oxidation sites excluding steroid dienone is 1. The van der Waals surface area contributed by atoms with Crippen molar-refractivity contribution in [2.75, 3.05) is 0 Å². The molecule has 0 spiro atoms. The zero-order valence-electron chi connectivity index (χ0n) is 7.87. The minimum Gasteiger partial charge on any atom is -0.329 e. The van der Waals surface area contributed by atoms with Gasteiger partial charge in [0.25, 0.3) is 5.91 Å². The van der Waals surface area contributed by atoms with Crippen molar-refractivity contribution < 1.29 is 4.79 Å². The van der Waals surface area contributed by atoms with Gasteiger partial charge in [-0.15, -0.1) is 0 Å². The molecule has 1 N–H and O–H groups in total. The van der Waals surface area contributed by atoms with Crippen LogP contribution in [-0.2, 0) is 0 Å². The first-order valence-corrected chi connectivity index (χ1v) is 4.22. The molecule has 0 aromatic heterocycles. The van der Waals surface area contributed by atoms with E-state index in [4.69, 9.17) is 0 Å². The largest absolute Gasteiger partial charge is 0.329 e. The summed E-state index contributed by atoms with van der Waals surface area (Å²) in [4.78, 5) is 11.4. The predicted octanol–water partition coefficient (Wildman–Crippen LogP) is 2.26. The number of nitrogens with one attached hydrogen (secondary N) is 1. The maximum atomic E-state index is 11.4. The van der Waals surface area contributed by atoms with Crippen LogP contribution in [0.2, 0.25) is 0 Å². The molecule has 0 bridgehead atoms. The monoisotopic (exact) mass is 175 g/mol. The highest BCUT2D eigenvalue weighted by atomic mass is 16.1. The summed E-state index contributed by atoms with van der Waals surface area (Å²) in [7, 11) is 0. The molecular formula is C11H13NO. The first kappa shape index (κ1) is 9.52. The summed E-state index contributed by atoms with van der Waals surface area (Å²) in [5, 5.41) is 2.65. The molecule has 0 saturated carbocycles. The molecule has 0 aliphatic rings. The third kappa shape index (κ3) is 2.75. The van der Waals surface area contributed by atoms with Gasteiger partial charge in [-0.05, 0) is 32.2 Å². The molecule has 1 aromatic rings. The Balaban J connectivity index is 2.72. The van der Waals surface area contributed by atoms with Gasteiger partial charge in [0.1, 0.15) is 0 Å². The molecule has 0 aliphatic carbocycles. The van der Waals surface area contributed by atoms with E-state index in [9.17, 15) is 4.79 Å². The fourth-order valence-corrected chi connectivity index (χ4v) is 0.947. The van der Waals surface area contributed by atoms with Crippen molar-refractivity contribution >= 4 is 5.91 Å². The average Bonchev–Trinajstić information content (AvgIpc) is 2.15. The van der Waals surface area contributed by atoms with E-state index in [0.29, 0.717) is 5.56 Å². The average molecular weight is 175 g/mol. The summed E-state index contributed by atoms with van der Waals surface area (Å²) in [6.07, 6.45) is 3.41. The minimum atomic E-state index is -0.0712. The summed E-state index contributed by atoms with van der Waals surface area (Å²) < 4.78 is 0. The molecule has 2 heteroatoms. The third-order valence-corrected chi connectivity index (χ3v) is 1.69. The van der Waals surface area contributed by atoms with Gasteiger partial charge in [0.15, 0.2) is 0 Å². The van der Waals surface area contributed by atoms with Gasteiger partial charge in [0.05, 0.1) is 0 Å². The molecule has 2 nitrogen and oxygen atoms in total. The smallest absolute Gasteiger partial charge is 0.255 e. The topological polar surface area (TPSA) is 29.1 Å². The number of carbonyl (C=O) groups excluding carboxylic acids is 1. The molecule has 0 heterocycles. The molecule has 1 aromatic carbocycles. The van der Waals surface area contributed by atoms with Crippen LogP contribution in [0.25, 0.3) is 0 Å². The standard InChI is InChI=1S/C11H13NO/c1-3-8-12-11(13)10-6-4-9(2)5-7-10/h3-8H,1-2H3,(H,12,13)/b8-3+. The fraction of sp³-hybridized carbons (Fsp3) is 0.182. The summed E-state index contributed by atoms with van der Waals surface area (Å²) in [6.45, 7) is 3.85. The Kier molecular flexibility index (Phi) is 3.26. The van der Waals surface area contributed by atoms with Gasteiger partial charge >= 0.3 is 0 Å². The molecule has 0 atom stereocenters. The van der Waals surface area contributed by atoms with Crippen LogP contribution in [0.1, 0.15) is 22.8 Å². The molecule has 0 saturated heterocycles. The Morgan fingerprint density at radius 1 is 1.31 bits per heavy atom. The zero-order valence-corrected chi connectivity index (χ0v) is 7.87. The second-order valence-corrected chi connectivity index (χ2v) is 2.84. The summed E-state index contributed by atoms with van der Waals surface area (Å²) in [5.74, 6) is -0.0712. The molecule has 0 aliphatic heterocycles. The van der Waals surface area contributed by atoms with Crippen molar-refractivity contribution in [2.24, 2.45) is 0 Å². The van der Waals surface area contributed by atoms with E-state index in [1.54, 1.807) is 12.3 Å². The Morgan fingerprint density at radius 2 is 1.92 bits per heavy atom. The molecule has 0 unspecified atom stereocenters. The van der Waals surface area contributed by atoms with Crippen LogP contribution in [0.3, 0.4) is 0 Å². The van der Waals surface area contributed by atoms with Crippen molar-refractivity contribution in [3.05, 3.63) is 47.7 Å². The van der Waals surface area contributed by atoms with E-state index < -0.39 is 0 Å². The lowest BCUT2D eigenvalue weighted by Crippen LogP contribution is -2.16. The van der Waals surface area contributed by atoms with Crippen LogP contribution in [0, 0.1) is 6.92 Å². The SMILES string of the molecule is C/C=C/NC(=O)c1ccc(C)cc1. The lowest BCUT2D eigenvalue weighted by molar-refractivity contribution is 0.0970. The number of benzene rings is 1. The predicted molar refractivity (Wildman–Crippen MR) is 53.5 cm³/mol. The summed E-state index contributed by atoms with van der Waals surface area (Å²) in [6, 6.07) is 7.47.